The Balaban J connectivity index is 1.56. The molecule has 2 heteroatoms. The number of hydrogen-bond acceptors (Lipinski definition) is 1. The lowest BCUT2D eigenvalue weighted by Gasteiger charge is -2.03. The summed E-state index contributed by atoms with van der Waals surface area (Å²) in [6, 6.07) is 23.8. The first-order valence-corrected chi connectivity index (χ1v) is 9.25. The molecule has 0 aliphatic carbocycles. The number of nitrogens with one attached hydrogen (secondary N) is 1. The van der Waals surface area contributed by atoms with Crippen molar-refractivity contribution >= 4 is 11.0 Å². The van der Waals surface area contributed by atoms with Gasteiger partial charge >= 0.3 is 0 Å². The Morgan fingerprint density at radius 3 is 2.31 bits per heavy atom. The maximum atomic E-state index is 4.91. The lowest BCUT2D eigenvalue weighted by Crippen LogP contribution is -1.95. The van der Waals surface area contributed by atoms with Crippen LogP contribution in [0.2, 0.25) is 0 Å². The lowest BCUT2D eigenvalue weighted by molar-refractivity contribution is 0.887. The van der Waals surface area contributed by atoms with Crippen LogP contribution in [0.1, 0.15) is 33.6 Å². The predicted molar refractivity (Wildman–Crippen MR) is 109 cm³/mol. The summed E-state index contributed by atoms with van der Waals surface area (Å²) in [6.45, 7) is 4.32. The SMILES string of the molecule is Cc1cc(C)cc(CCc2nc3c(Cc4ccccc4)cccc3[nH]2)c1. The van der Waals surface area contributed by atoms with E-state index in [1.54, 1.807) is 0 Å². The second-order valence-corrected chi connectivity index (χ2v) is 7.16. The molecular weight excluding hydrogens is 316 g/mol. The van der Waals surface area contributed by atoms with E-state index in [4.69, 9.17) is 4.98 Å². The molecule has 4 aromatic rings. The van der Waals surface area contributed by atoms with E-state index in [9.17, 15) is 0 Å². The van der Waals surface area contributed by atoms with Crippen LogP contribution in [0.25, 0.3) is 11.0 Å². The van der Waals surface area contributed by atoms with Crippen molar-refractivity contribution in [1.29, 1.82) is 0 Å². The van der Waals surface area contributed by atoms with E-state index in [-0.39, 0.29) is 0 Å². The summed E-state index contributed by atoms with van der Waals surface area (Å²) in [5.41, 5.74) is 8.87. The molecule has 0 radical (unpaired) electrons. The topological polar surface area (TPSA) is 28.7 Å². The molecule has 0 saturated carbocycles. The fourth-order valence-electron chi connectivity index (χ4n) is 3.70. The Hall–Kier alpha value is -2.87. The van der Waals surface area contributed by atoms with Gasteiger partial charge in [0, 0.05) is 6.42 Å². The number of aromatic amines is 1. The number of para-hydroxylation sites is 1. The summed E-state index contributed by atoms with van der Waals surface area (Å²) in [5.74, 6) is 1.07. The molecule has 1 N–H and O–H groups in total. The number of aryl methyl sites for hydroxylation is 4. The minimum atomic E-state index is 0.916. The van der Waals surface area contributed by atoms with Crippen molar-refractivity contribution in [3.63, 3.8) is 0 Å². The molecule has 26 heavy (non-hydrogen) atoms. The van der Waals surface area contributed by atoms with E-state index in [0.717, 1.165) is 36.1 Å². The molecule has 0 aliphatic rings. The minimum absolute atomic E-state index is 0.916. The molecule has 0 fully saturated rings. The van der Waals surface area contributed by atoms with Gasteiger partial charge in [-0.05, 0) is 49.4 Å². The van der Waals surface area contributed by atoms with E-state index < -0.39 is 0 Å². The third-order valence-corrected chi connectivity index (χ3v) is 4.81. The standard InChI is InChI=1S/C24H24N2/c1-17-13-18(2)15-20(14-17)11-12-23-25-22-10-6-9-21(24(22)26-23)16-19-7-4-3-5-8-19/h3-10,13-15H,11-12,16H2,1-2H3,(H,25,26). The molecule has 3 aromatic carbocycles. The van der Waals surface area contributed by atoms with Crippen LogP contribution in [0, 0.1) is 13.8 Å². The maximum Gasteiger partial charge on any atom is 0.107 e. The van der Waals surface area contributed by atoms with Crippen LogP contribution in [0.3, 0.4) is 0 Å². The first-order chi connectivity index (χ1) is 12.7. The Morgan fingerprint density at radius 2 is 1.54 bits per heavy atom. The van der Waals surface area contributed by atoms with Crippen molar-refractivity contribution in [3.8, 4) is 0 Å². The number of nitrogens with zero attached hydrogens (tertiary/aromatic N) is 1. The normalized spacial score (nSPS) is 11.2. The zero-order chi connectivity index (χ0) is 17.9. The number of hydrogen-bond donors (Lipinski definition) is 1. The summed E-state index contributed by atoms with van der Waals surface area (Å²) in [6.07, 6.45) is 2.86. The molecule has 0 bridgehead atoms. The number of aromatic nitrogens is 2. The van der Waals surface area contributed by atoms with Gasteiger partial charge in [0.2, 0.25) is 0 Å². The molecule has 0 saturated heterocycles. The van der Waals surface area contributed by atoms with Crippen molar-refractivity contribution in [1.82, 2.24) is 9.97 Å². The van der Waals surface area contributed by atoms with Crippen molar-refractivity contribution in [2.45, 2.75) is 33.1 Å². The maximum absolute atomic E-state index is 4.91. The summed E-state index contributed by atoms with van der Waals surface area (Å²) >= 11 is 0. The van der Waals surface area contributed by atoms with Crippen molar-refractivity contribution in [2.75, 3.05) is 0 Å². The third kappa shape index (κ3) is 3.70. The largest absolute Gasteiger partial charge is 0.342 e. The van der Waals surface area contributed by atoms with Crippen LogP contribution >= 0.6 is 0 Å². The highest BCUT2D eigenvalue weighted by molar-refractivity contribution is 5.79. The number of rotatable bonds is 5. The van der Waals surface area contributed by atoms with E-state index in [0.29, 0.717) is 0 Å². The quantitative estimate of drug-likeness (QED) is 0.506. The Kier molecular flexibility index (Phi) is 4.57. The van der Waals surface area contributed by atoms with Crippen molar-refractivity contribution < 1.29 is 0 Å². The summed E-state index contributed by atoms with van der Waals surface area (Å²) < 4.78 is 0. The highest BCUT2D eigenvalue weighted by atomic mass is 14.9. The number of imidazole rings is 1. The van der Waals surface area contributed by atoms with Crippen molar-refractivity contribution in [2.24, 2.45) is 0 Å². The van der Waals surface area contributed by atoms with E-state index in [1.807, 2.05) is 0 Å². The van der Waals surface area contributed by atoms with Crippen LogP contribution in [-0.2, 0) is 19.3 Å². The lowest BCUT2D eigenvalue weighted by atomic mass is 10.0. The molecular formula is C24H24N2. The number of fused-ring (bicyclic) bond motifs is 1. The van der Waals surface area contributed by atoms with Gasteiger partial charge in [-0.25, -0.2) is 4.98 Å². The Bertz CT molecular complexity index is 1010. The molecule has 2 nitrogen and oxygen atoms in total. The minimum Gasteiger partial charge on any atom is -0.342 e. The van der Waals surface area contributed by atoms with E-state index in [2.05, 4.69) is 85.6 Å². The average Bonchev–Trinajstić information content (AvgIpc) is 3.04. The Labute approximate surface area is 154 Å². The van der Waals surface area contributed by atoms with Gasteiger partial charge in [-0.2, -0.15) is 0 Å². The van der Waals surface area contributed by atoms with Gasteiger partial charge in [0.15, 0.2) is 0 Å². The molecule has 1 aromatic heterocycles. The molecule has 0 aliphatic heterocycles. The number of H-pyrrole nitrogens is 1. The Morgan fingerprint density at radius 1 is 0.769 bits per heavy atom. The highest BCUT2D eigenvalue weighted by Gasteiger charge is 2.08. The van der Waals surface area contributed by atoms with Gasteiger partial charge in [0.05, 0.1) is 11.0 Å². The van der Waals surface area contributed by atoms with Crippen LogP contribution in [0.15, 0.2) is 66.7 Å². The van der Waals surface area contributed by atoms with Gasteiger partial charge in [-0.1, -0.05) is 71.8 Å². The molecule has 0 amide bonds. The van der Waals surface area contributed by atoms with Crippen LogP contribution < -0.4 is 0 Å². The third-order valence-electron chi connectivity index (χ3n) is 4.81. The smallest absolute Gasteiger partial charge is 0.107 e. The zero-order valence-corrected chi connectivity index (χ0v) is 15.4. The first-order valence-electron chi connectivity index (χ1n) is 9.25. The first kappa shape index (κ1) is 16.6. The summed E-state index contributed by atoms with van der Waals surface area (Å²) in [7, 11) is 0. The molecule has 130 valence electrons. The average molecular weight is 340 g/mol. The monoisotopic (exact) mass is 340 g/mol. The predicted octanol–water partition coefficient (Wildman–Crippen LogP) is 5.56. The van der Waals surface area contributed by atoms with Crippen LogP contribution in [0.4, 0.5) is 0 Å². The second-order valence-electron chi connectivity index (χ2n) is 7.16. The van der Waals surface area contributed by atoms with Gasteiger partial charge < -0.3 is 4.98 Å². The molecule has 0 atom stereocenters. The molecule has 0 spiro atoms. The molecule has 0 unspecified atom stereocenters. The van der Waals surface area contributed by atoms with Gasteiger partial charge in [-0.15, -0.1) is 0 Å². The fourth-order valence-corrected chi connectivity index (χ4v) is 3.70. The number of benzene rings is 3. The van der Waals surface area contributed by atoms with Gasteiger partial charge in [-0.3, -0.25) is 0 Å². The molecule has 1 heterocycles. The van der Waals surface area contributed by atoms with E-state index in [1.165, 1.54) is 27.8 Å². The second kappa shape index (κ2) is 7.17. The van der Waals surface area contributed by atoms with E-state index >= 15 is 0 Å². The molecule has 4 rings (SSSR count). The summed E-state index contributed by atoms with van der Waals surface area (Å²) in [4.78, 5) is 8.42. The van der Waals surface area contributed by atoms with Gasteiger partial charge in [0.1, 0.15) is 5.82 Å². The van der Waals surface area contributed by atoms with Gasteiger partial charge in [0.25, 0.3) is 0 Å². The van der Waals surface area contributed by atoms with Crippen molar-refractivity contribution in [3.05, 3.63) is 100 Å². The summed E-state index contributed by atoms with van der Waals surface area (Å²) in [5, 5.41) is 0. The highest BCUT2D eigenvalue weighted by Crippen LogP contribution is 2.20. The van der Waals surface area contributed by atoms with Crippen LogP contribution in [-0.4, -0.2) is 9.97 Å². The van der Waals surface area contributed by atoms with Crippen LogP contribution in [0.5, 0.6) is 0 Å². The zero-order valence-electron chi connectivity index (χ0n) is 15.4. The fraction of sp³-hybridized carbons (Fsp3) is 0.208.